The number of rotatable bonds is 5. The lowest BCUT2D eigenvalue weighted by Gasteiger charge is -2.10. The van der Waals surface area contributed by atoms with Crippen LogP contribution in [0.25, 0.3) is 0 Å². The molecule has 1 rings (SSSR count). The second kappa shape index (κ2) is 5.82. The highest BCUT2D eigenvalue weighted by Crippen LogP contribution is 2.13. The van der Waals surface area contributed by atoms with E-state index >= 15 is 0 Å². The van der Waals surface area contributed by atoms with Crippen LogP contribution in [0.15, 0.2) is 0 Å². The highest BCUT2D eigenvalue weighted by Gasteiger charge is 2.12. The van der Waals surface area contributed by atoms with Crippen molar-refractivity contribution in [2.75, 3.05) is 21.1 Å². The Morgan fingerprint density at radius 3 is 2.59 bits per heavy atom. The van der Waals surface area contributed by atoms with Crippen molar-refractivity contribution in [3.05, 3.63) is 17.0 Å². The Morgan fingerprint density at radius 1 is 1.41 bits per heavy atom. The molecule has 0 radical (unpaired) electrons. The van der Waals surface area contributed by atoms with E-state index in [-0.39, 0.29) is 5.91 Å². The van der Waals surface area contributed by atoms with Gasteiger partial charge in [-0.1, -0.05) is 0 Å². The molecule has 1 amide bonds. The van der Waals surface area contributed by atoms with Crippen LogP contribution in [0.5, 0.6) is 0 Å². The topological polar surface area (TPSA) is 50.2 Å². The zero-order valence-corrected chi connectivity index (χ0v) is 11.4. The molecular formula is C12H22N4O. The summed E-state index contributed by atoms with van der Waals surface area (Å²) in [7, 11) is 5.47. The van der Waals surface area contributed by atoms with Gasteiger partial charge >= 0.3 is 0 Å². The second-order valence-corrected chi connectivity index (χ2v) is 4.44. The maximum absolute atomic E-state index is 11.5. The van der Waals surface area contributed by atoms with Crippen molar-refractivity contribution < 1.29 is 4.79 Å². The number of nitrogens with zero attached hydrogens (tertiary/aromatic N) is 3. The predicted octanol–water partition coefficient (Wildman–Crippen LogP) is 0.698. The molecule has 0 atom stereocenters. The minimum Gasteiger partial charge on any atom is -0.349 e. The highest BCUT2D eigenvalue weighted by molar-refractivity contribution is 5.75. The Labute approximate surface area is 103 Å². The zero-order chi connectivity index (χ0) is 13.0. The van der Waals surface area contributed by atoms with Crippen LogP contribution in [0.2, 0.25) is 0 Å². The van der Waals surface area contributed by atoms with Crippen LogP contribution in [0, 0.1) is 13.8 Å². The van der Waals surface area contributed by atoms with Gasteiger partial charge in [-0.15, -0.1) is 0 Å². The third-order valence-electron chi connectivity index (χ3n) is 2.92. The van der Waals surface area contributed by atoms with Crippen molar-refractivity contribution >= 4 is 5.91 Å². The third-order valence-corrected chi connectivity index (χ3v) is 2.92. The molecule has 0 unspecified atom stereocenters. The van der Waals surface area contributed by atoms with Crippen LogP contribution in [0.4, 0.5) is 0 Å². The summed E-state index contributed by atoms with van der Waals surface area (Å²) in [6.45, 7) is 5.52. The van der Waals surface area contributed by atoms with E-state index in [0.29, 0.717) is 13.0 Å². The van der Waals surface area contributed by atoms with Crippen molar-refractivity contribution in [2.24, 2.45) is 0 Å². The van der Waals surface area contributed by atoms with Gasteiger partial charge in [0.05, 0.1) is 5.69 Å². The summed E-state index contributed by atoms with van der Waals surface area (Å²) in [5, 5.41) is 7.60. The van der Waals surface area contributed by atoms with Crippen molar-refractivity contribution in [3.63, 3.8) is 0 Å². The second-order valence-electron chi connectivity index (χ2n) is 4.44. The number of carbonyl (C=O) groups excluding carboxylic acids is 1. The molecule has 5 heteroatoms. The van der Waals surface area contributed by atoms with Crippen LogP contribution >= 0.6 is 0 Å². The summed E-state index contributed by atoms with van der Waals surface area (Å²) in [6.07, 6.45) is 0.494. The Bertz CT molecular complexity index is 395. The number of aryl methyl sites for hydroxylation is 2. The standard InChI is InChI=1S/C12H22N4O/c1-9-11(8-13-3)10(2)16(14-9)7-6-12(17)15(4)5/h13H,6-8H2,1-5H3. The minimum absolute atomic E-state index is 0.132. The lowest BCUT2D eigenvalue weighted by atomic mass is 10.2. The van der Waals surface area contributed by atoms with Gasteiger partial charge in [-0.2, -0.15) is 5.10 Å². The molecule has 0 bridgehead atoms. The summed E-state index contributed by atoms with van der Waals surface area (Å²) in [5.41, 5.74) is 3.40. The summed E-state index contributed by atoms with van der Waals surface area (Å²) in [5.74, 6) is 0.132. The van der Waals surface area contributed by atoms with Crippen molar-refractivity contribution in [1.29, 1.82) is 0 Å². The van der Waals surface area contributed by atoms with Crippen LogP contribution in [0.3, 0.4) is 0 Å². The minimum atomic E-state index is 0.132. The maximum atomic E-state index is 11.5. The average molecular weight is 238 g/mol. The Hall–Kier alpha value is -1.36. The molecule has 0 fully saturated rings. The van der Waals surface area contributed by atoms with Gasteiger partial charge in [-0.25, -0.2) is 0 Å². The van der Waals surface area contributed by atoms with Gasteiger partial charge < -0.3 is 10.2 Å². The first-order valence-electron chi connectivity index (χ1n) is 5.85. The van der Waals surface area contributed by atoms with E-state index in [1.165, 1.54) is 5.56 Å². The molecule has 1 aromatic heterocycles. The first-order valence-corrected chi connectivity index (χ1v) is 5.85. The molecule has 0 aromatic carbocycles. The van der Waals surface area contributed by atoms with E-state index in [4.69, 9.17) is 0 Å². The van der Waals surface area contributed by atoms with Gasteiger partial charge in [0.2, 0.25) is 5.91 Å². The molecule has 0 saturated carbocycles. The van der Waals surface area contributed by atoms with E-state index in [1.54, 1.807) is 19.0 Å². The van der Waals surface area contributed by atoms with Gasteiger partial charge in [0.25, 0.3) is 0 Å². The number of hydrogen-bond acceptors (Lipinski definition) is 3. The van der Waals surface area contributed by atoms with Crippen molar-refractivity contribution in [3.8, 4) is 0 Å². The molecule has 17 heavy (non-hydrogen) atoms. The summed E-state index contributed by atoms with van der Waals surface area (Å²) < 4.78 is 1.92. The van der Waals surface area contributed by atoms with E-state index in [1.807, 2.05) is 25.6 Å². The zero-order valence-electron chi connectivity index (χ0n) is 11.4. The molecule has 0 saturated heterocycles. The van der Waals surface area contributed by atoms with Gasteiger partial charge in [0.15, 0.2) is 0 Å². The molecule has 0 aliphatic carbocycles. The van der Waals surface area contributed by atoms with Gasteiger partial charge in [-0.05, 0) is 20.9 Å². The molecule has 0 spiro atoms. The smallest absolute Gasteiger partial charge is 0.223 e. The summed E-state index contributed by atoms with van der Waals surface area (Å²) in [4.78, 5) is 13.1. The van der Waals surface area contributed by atoms with Crippen LogP contribution in [-0.4, -0.2) is 41.7 Å². The van der Waals surface area contributed by atoms with Crippen LogP contribution in [-0.2, 0) is 17.9 Å². The molecule has 0 aliphatic rings. The fourth-order valence-electron chi connectivity index (χ4n) is 1.81. The van der Waals surface area contributed by atoms with Crippen molar-refractivity contribution in [2.45, 2.75) is 33.4 Å². The van der Waals surface area contributed by atoms with Crippen LogP contribution < -0.4 is 5.32 Å². The monoisotopic (exact) mass is 238 g/mol. The number of amides is 1. The molecule has 5 nitrogen and oxygen atoms in total. The highest BCUT2D eigenvalue weighted by atomic mass is 16.2. The Kier molecular flexibility index (Phi) is 4.69. The van der Waals surface area contributed by atoms with E-state index < -0.39 is 0 Å². The first-order chi connectivity index (χ1) is 7.97. The molecule has 1 N–H and O–H groups in total. The van der Waals surface area contributed by atoms with Gasteiger partial charge in [-0.3, -0.25) is 9.48 Å². The number of aromatic nitrogens is 2. The lowest BCUT2D eigenvalue weighted by molar-refractivity contribution is -0.128. The lowest BCUT2D eigenvalue weighted by Crippen LogP contribution is -2.23. The SMILES string of the molecule is CNCc1c(C)nn(CCC(=O)N(C)C)c1C. The molecule has 0 aliphatic heterocycles. The van der Waals surface area contributed by atoms with E-state index in [2.05, 4.69) is 10.4 Å². The predicted molar refractivity (Wildman–Crippen MR) is 67.8 cm³/mol. The number of nitrogens with one attached hydrogen (secondary N) is 1. The van der Waals surface area contributed by atoms with E-state index in [0.717, 1.165) is 17.9 Å². The van der Waals surface area contributed by atoms with Gasteiger partial charge in [0.1, 0.15) is 0 Å². The number of carbonyl (C=O) groups is 1. The summed E-state index contributed by atoms with van der Waals surface area (Å²) in [6, 6.07) is 0. The van der Waals surface area contributed by atoms with Crippen molar-refractivity contribution in [1.82, 2.24) is 20.0 Å². The quantitative estimate of drug-likeness (QED) is 0.821. The largest absolute Gasteiger partial charge is 0.349 e. The fraction of sp³-hybridized carbons (Fsp3) is 0.667. The maximum Gasteiger partial charge on any atom is 0.223 e. The Morgan fingerprint density at radius 2 is 2.06 bits per heavy atom. The van der Waals surface area contributed by atoms with Crippen LogP contribution in [0.1, 0.15) is 23.4 Å². The molecular weight excluding hydrogens is 216 g/mol. The van der Waals surface area contributed by atoms with Gasteiger partial charge in [0, 0.05) is 44.9 Å². The normalized spacial score (nSPS) is 10.6. The number of hydrogen-bond donors (Lipinski definition) is 1. The van der Waals surface area contributed by atoms with E-state index in [9.17, 15) is 4.79 Å². The average Bonchev–Trinajstić information content (AvgIpc) is 2.53. The molecule has 96 valence electrons. The fourth-order valence-corrected chi connectivity index (χ4v) is 1.81. The third kappa shape index (κ3) is 3.30. The molecule has 1 aromatic rings. The molecule has 1 heterocycles. The Balaban J connectivity index is 2.72. The summed E-state index contributed by atoms with van der Waals surface area (Å²) >= 11 is 0. The first kappa shape index (κ1) is 13.7.